The second-order valence-electron chi connectivity index (χ2n) is 7.01. The van der Waals surface area contributed by atoms with Crippen LogP contribution in [0.2, 0.25) is 0 Å². The average molecular weight is 382 g/mol. The van der Waals surface area contributed by atoms with Crippen LogP contribution in [0.4, 0.5) is 5.69 Å². The van der Waals surface area contributed by atoms with E-state index in [1.165, 1.54) is 0 Å². The van der Waals surface area contributed by atoms with Gasteiger partial charge in [0, 0.05) is 18.8 Å². The molecule has 0 saturated carbocycles. The summed E-state index contributed by atoms with van der Waals surface area (Å²) in [5, 5.41) is 2.85. The first-order valence-electron chi connectivity index (χ1n) is 9.30. The van der Waals surface area contributed by atoms with E-state index in [-0.39, 0.29) is 18.2 Å². The fourth-order valence-corrected chi connectivity index (χ4v) is 3.43. The second-order valence-corrected chi connectivity index (χ2v) is 7.01. The number of benzene rings is 2. The molecule has 1 heterocycles. The van der Waals surface area contributed by atoms with Crippen LogP contribution < -0.4 is 14.8 Å². The first-order chi connectivity index (χ1) is 13.4. The summed E-state index contributed by atoms with van der Waals surface area (Å²) in [4.78, 5) is 26.7. The van der Waals surface area contributed by atoms with E-state index < -0.39 is 0 Å². The van der Waals surface area contributed by atoms with E-state index in [1.807, 2.05) is 44.2 Å². The van der Waals surface area contributed by atoms with Crippen molar-refractivity contribution in [1.82, 2.24) is 4.90 Å². The molecule has 2 amide bonds. The molecule has 1 aliphatic heterocycles. The molecule has 2 aromatic rings. The van der Waals surface area contributed by atoms with Gasteiger partial charge < -0.3 is 19.7 Å². The number of carbonyl (C=O) groups excluding carboxylic acids is 2. The fourth-order valence-electron chi connectivity index (χ4n) is 3.43. The van der Waals surface area contributed by atoms with Gasteiger partial charge in [-0.2, -0.15) is 0 Å². The predicted octanol–water partition coefficient (Wildman–Crippen LogP) is 3.23. The molecule has 0 saturated heterocycles. The smallest absolute Gasteiger partial charge is 0.233 e. The highest BCUT2D eigenvalue weighted by molar-refractivity contribution is 6.04. The zero-order valence-electron chi connectivity index (χ0n) is 16.8. The normalized spacial score (nSPS) is 12.9. The first kappa shape index (κ1) is 19.7. The van der Waals surface area contributed by atoms with E-state index in [0.29, 0.717) is 24.6 Å². The van der Waals surface area contributed by atoms with Crippen LogP contribution in [0.5, 0.6) is 11.5 Å². The summed E-state index contributed by atoms with van der Waals surface area (Å²) >= 11 is 0. The number of methoxy groups -OCH3 is 2. The molecular weight excluding hydrogens is 356 g/mol. The van der Waals surface area contributed by atoms with Crippen LogP contribution in [0.1, 0.15) is 28.7 Å². The van der Waals surface area contributed by atoms with E-state index >= 15 is 0 Å². The van der Waals surface area contributed by atoms with Gasteiger partial charge in [0.05, 0.1) is 14.2 Å². The number of amides is 2. The van der Waals surface area contributed by atoms with Crippen molar-refractivity contribution in [1.29, 1.82) is 0 Å². The molecule has 0 unspecified atom stereocenters. The number of fused-ring (bicyclic) bond motifs is 1. The molecule has 0 aliphatic carbocycles. The Morgan fingerprint density at radius 3 is 2.43 bits per heavy atom. The minimum atomic E-state index is -0.295. The molecule has 1 aliphatic rings. The molecule has 0 spiro atoms. The molecule has 3 rings (SSSR count). The van der Waals surface area contributed by atoms with Gasteiger partial charge in [-0.05, 0) is 60.7 Å². The van der Waals surface area contributed by atoms with Crippen LogP contribution in [-0.4, -0.2) is 37.5 Å². The summed E-state index contributed by atoms with van der Waals surface area (Å²) in [6.45, 7) is 4.99. The molecule has 1 N–H and O–H groups in total. The molecule has 0 fully saturated rings. The monoisotopic (exact) mass is 382 g/mol. The minimum absolute atomic E-state index is 0.171. The van der Waals surface area contributed by atoms with Crippen molar-refractivity contribution in [3.8, 4) is 11.5 Å². The van der Waals surface area contributed by atoms with Crippen molar-refractivity contribution < 1.29 is 19.1 Å². The molecule has 6 heteroatoms. The van der Waals surface area contributed by atoms with Crippen molar-refractivity contribution in [2.24, 2.45) is 0 Å². The Bertz CT molecular complexity index is 908. The maximum absolute atomic E-state index is 12.6. The number of hydrogen-bond donors (Lipinski definition) is 1. The van der Waals surface area contributed by atoms with Crippen LogP contribution in [0.15, 0.2) is 30.3 Å². The lowest BCUT2D eigenvalue weighted by Gasteiger charge is -2.29. The van der Waals surface area contributed by atoms with Gasteiger partial charge in [0.1, 0.15) is 6.42 Å². The van der Waals surface area contributed by atoms with Gasteiger partial charge >= 0.3 is 0 Å². The number of ether oxygens (including phenoxy) is 2. The SMILES string of the molecule is COc1cc2c(cc1OC)CN(C(=O)CC(=O)Nc1cccc(C)c1C)CC2. The zero-order chi connectivity index (χ0) is 20.3. The van der Waals surface area contributed by atoms with Gasteiger partial charge in [-0.15, -0.1) is 0 Å². The molecule has 0 aromatic heterocycles. The fraction of sp³-hybridized carbons (Fsp3) is 0.364. The molecule has 28 heavy (non-hydrogen) atoms. The Hall–Kier alpha value is -3.02. The Morgan fingerprint density at radius 2 is 1.75 bits per heavy atom. The van der Waals surface area contributed by atoms with Crippen LogP contribution in [0.3, 0.4) is 0 Å². The minimum Gasteiger partial charge on any atom is -0.493 e. The van der Waals surface area contributed by atoms with E-state index in [1.54, 1.807) is 19.1 Å². The van der Waals surface area contributed by atoms with Crippen LogP contribution >= 0.6 is 0 Å². The van der Waals surface area contributed by atoms with Gasteiger partial charge in [0.25, 0.3) is 0 Å². The molecule has 148 valence electrons. The third-order valence-electron chi connectivity index (χ3n) is 5.26. The molecule has 6 nitrogen and oxygen atoms in total. The molecule has 0 radical (unpaired) electrons. The number of nitrogens with zero attached hydrogens (tertiary/aromatic N) is 1. The summed E-state index contributed by atoms with van der Waals surface area (Å²) in [5.41, 5.74) is 5.02. The molecular formula is C22H26N2O4. The van der Waals surface area contributed by atoms with Crippen LogP contribution in [0.25, 0.3) is 0 Å². The number of hydrogen-bond acceptors (Lipinski definition) is 4. The highest BCUT2D eigenvalue weighted by Gasteiger charge is 2.24. The highest BCUT2D eigenvalue weighted by atomic mass is 16.5. The number of nitrogens with one attached hydrogen (secondary N) is 1. The van der Waals surface area contributed by atoms with Crippen molar-refractivity contribution >= 4 is 17.5 Å². The number of aryl methyl sites for hydroxylation is 1. The summed E-state index contributed by atoms with van der Waals surface area (Å²) < 4.78 is 10.7. The summed E-state index contributed by atoms with van der Waals surface area (Å²) in [6.07, 6.45) is 0.552. The van der Waals surface area contributed by atoms with Gasteiger partial charge in [0.15, 0.2) is 11.5 Å². The Balaban J connectivity index is 1.66. The molecule has 0 bridgehead atoms. The van der Waals surface area contributed by atoms with Gasteiger partial charge in [-0.25, -0.2) is 0 Å². The van der Waals surface area contributed by atoms with Gasteiger partial charge in [-0.1, -0.05) is 12.1 Å². The molecule has 0 atom stereocenters. The third-order valence-corrected chi connectivity index (χ3v) is 5.26. The lowest BCUT2D eigenvalue weighted by molar-refractivity contribution is -0.135. The van der Waals surface area contributed by atoms with Crippen LogP contribution in [-0.2, 0) is 22.6 Å². The maximum atomic E-state index is 12.6. The van der Waals surface area contributed by atoms with Crippen LogP contribution in [0, 0.1) is 13.8 Å². The number of anilines is 1. The second kappa shape index (κ2) is 8.33. The standard InChI is InChI=1S/C22H26N2O4/c1-14-6-5-7-18(15(14)2)23-21(25)12-22(26)24-9-8-16-10-19(27-3)20(28-4)11-17(16)13-24/h5-7,10-11H,8-9,12-13H2,1-4H3,(H,23,25). The lowest BCUT2D eigenvalue weighted by Crippen LogP contribution is -2.37. The maximum Gasteiger partial charge on any atom is 0.233 e. The van der Waals surface area contributed by atoms with E-state index in [0.717, 1.165) is 34.4 Å². The Kier molecular flexibility index (Phi) is 5.87. The van der Waals surface area contributed by atoms with Crippen molar-refractivity contribution in [3.63, 3.8) is 0 Å². The Morgan fingerprint density at radius 1 is 1.07 bits per heavy atom. The summed E-state index contributed by atoms with van der Waals surface area (Å²) in [7, 11) is 3.20. The van der Waals surface area contributed by atoms with E-state index in [9.17, 15) is 9.59 Å². The lowest BCUT2D eigenvalue weighted by atomic mass is 9.98. The largest absolute Gasteiger partial charge is 0.493 e. The summed E-state index contributed by atoms with van der Waals surface area (Å²) in [6, 6.07) is 9.60. The predicted molar refractivity (Wildman–Crippen MR) is 108 cm³/mol. The number of carbonyl (C=O) groups is 2. The quantitative estimate of drug-likeness (QED) is 0.806. The number of rotatable bonds is 5. The zero-order valence-corrected chi connectivity index (χ0v) is 16.8. The first-order valence-corrected chi connectivity index (χ1v) is 9.30. The van der Waals surface area contributed by atoms with E-state index in [2.05, 4.69) is 5.32 Å². The highest BCUT2D eigenvalue weighted by Crippen LogP contribution is 2.33. The van der Waals surface area contributed by atoms with Gasteiger partial charge in [0.2, 0.25) is 11.8 Å². The van der Waals surface area contributed by atoms with Crippen molar-refractivity contribution in [2.45, 2.75) is 33.2 Å². The van der Waals surface area contributed by atoms with Crippen molar-refractivity contribution in [3.05, 3.63) is 52.6 Å². The third kappa shape index (κ3) is 4.11. The van der Waals surface area contributed by atoms with E-state index in [4.69, 9.17) is 9.47 Å². The van der Waals surface area contributed by atoms with Crippen molar-refractivity contribution in [2.75, 3.05) is 26.1 Å². The average Bonchev–Trinajstić information content (AvgIpc) is 2.69. The Labute approximate surface area is 165 Å². The summed E-state index contributed by atoms with van der Waals surface area (Å²) in [5.74, 6) is 0.859. The topological polar surface area (TPSA) is 67.9 Å². The molecule has 2 aromatic carbocycles. The van der Waals surface area contributed by atoms with Gasteiger partial charge in [-0.3, -0.25) is 9.59 Å².